The summed E-state index contributed by atoms with van der Waals surface area (Å²) >= 11 is 6.27. The van der Waals surface area contributed by atoms with Crippen molar-refractivity contribution in [2.45, 2.75) is 65.5 Å². The van der Waals surface area contributed by atoms with Gasteiger partial charge >= 0.3 is 0 Å². The van der Waals surface area contributed by atoms with Gasteiger partial charge in [-0.1, -0.05) is 66.8 Å². The van der Waals surface area contributed by atoms with Gasteiger partial charge in [-0.2, -0.15) is 0 Å². The Kier molecular flexibility index (Phi) is 7.05. The minimum atomic E-state index is 0.0117. The van der Waals surface area contributed by atoms with Gasteiger partial charge in [-0.25, -0.2) is 0 Å². The lowest BCUT2D eigenvalue weighted by Crippen LogP contribution is -2.38. The van der Waals surface area contributed by atoms with E-state index in [4.69, 9.17) is 11.6 Å². The summed E-state index contributed by atoms with van der Waals surface area (Å²) in [5.41, 5.74) is 6.29. The van der Waals surface area contributed by atoms with Crippen LogP contribution in [0, 0.1) is 19.8 Å². The van der Waals surface area contributed by atoms with Crippen molar-refractivity contribution in [1.82, 2.24) is 9.88 Å². The van der Waals surface area contributed by atoms with Crippen LogP contribution in [0.25, 0.3) is 11.3 Å². The zero-order valence-corrected chi connectivity index (χ0v) is 20.1. The van der Waals surface area contributed by atoms with E-state index in [1.165, 1.54) is 43.2 Å². The molecule has 2 aromatic carbocycles. The van der Waals surface area contributed by atoms with E-state index in [2.05, 4.69) is 54.1 Å². The predicted octanol–water partition coefficient (Wildman–Crippen LogP) is 7.17. The smallest absolute Gasteiger partial charge is 0.253 e. The first kappa shape index (κ1) is 22.7. The summed E-state index contributed by atoms with van der Waals surface area (Å²) in [4.78, 5) is 13.2. The molecule has 1 aromatic heterocycles. The van der Waals surface area contributed by atoms with E-state index in [0.717, 1.165) is 21.8 Å². The van der Waals surface area contributed by atoms with Crippen LogP contribution in [-0.4, -0.2) is 16.5 Å². The minimum Gasteiger partial charge on any atom is -0.349 e. The van der Waals surface area contributed by atoms with E-state index in [1.807, 2.05) is 31.3 Å². The van der Waals surface area contributed by atoms with Crippen LogP contribution in [0.1, 0.15) is 66.1 Å². The van der Waals surface area contributed by atoms with Gasteiger partial charge in [0.2, 0.25) is 0 Å². The number of aryl methyl sites for hydroxylation is 2. The number of carbonyl (C=O) groups excluding carboxylic acids is 1. The summed E-state index contributed by atoms with van der Waals surface area (Å²) in [5, 5.41) is 4.03. The lowest BCUT2D eigenvalue weighted by atomic mass is 9.84. The third-order valence-electron chi connectivity index (χ3n) is 6.80. The lowest BCUT2D eigenvalue weighted by molar-refractivity contribution is 0.0919. The van der Waals surface area contributed by atoms with Crippen molar-refractivity contribution in [1.29, 1.82) is 0 Å². The van der Waals surface area contributed by atoms with Crippen molar-refractivity contribution in [2.75, 3.05) is 0 Å². The van der Waals surface area contributed by atoms with Crippen molar-refractivity contribution in [3.05, 3.63) is 82.0 Å². The molecule has 0 saturated heterocycles. The second kappa shape index (κ2) is 9.95. The Hall–Kier alpha value is -2.52. The number of nitrogens with one attached hydrogen (secondary N) is 1. The number of carbonyl (C=O) groups is 1. The maximum atomic E-state index is 13.2. The summed E-state index contributed by atoms with van der Waals surface area (Å²) in [6.45, 7) is 6.97. The van der Waals surface area contributed by atoms with Gasteiger partial charge < -0.3 is 9.88 Å². The fourth-order valence-corrected chi connectivity index (χ4v) is 4.86. The Balaban J connectivity index is 1.62. The highest BCUT2D eigenvalue weighted by Crippen LogP contribution is 2.29. The Morgan fingerprint density at radius 2 is 1.78 bits per heavy atom. The lowest BCUT2D eigenvalue weighted by Gasteiger charge is -2.28. The molecule has 0 bridgehead atoms. The molecular weight excluding hydrogens is 416 g/mol. The SMILES string of the molecule is Cc1ccc(Cn2cc(C(=O)N[C@@H](C)C3CCCCC3)cc2-c2ccc(Cl)c(C)c2)cc1. The Bertz CT molecular complexity index is 1080. The van der Waals surface area contributed by atoms with Crippen LogP contribution in [0.3, 0.4) is 0 Å². The molecule has 3 nitrogen and oxygen atoms in total. The molecule has 1 aliphatic rings. The quantitative estimate of drug-likeness (QED) is 0.426. The zero-order chi connectivity index (χ0) is 22.7. The monoisotopic (exact) mass is 448 g/mol. The van der Waals surface area contributed by atoms with E-state index in [-0.39, 0.29) is 11.9 Å². The molecule has 1 saturated carbocycles. The van der Waals surface area contributed by atoms with Gasteiger partial charge in [0.15, 0.2) is 0 Å². The van der Waals surface area contributed by atoms with Crippen molar-refractivity contribution < 1.29 is 4.79 Å². The highest BCUT2D eigenvalue weighted by molar-refractivity contribution is 6.31. The van der Waals surface area contributed by atoms with Crippen LogP contribution in [-0.2, 0) is 6.54 Å². The Labute approximate surface area is 196 Å². The maximum absolute atomic E-state index is 13.2. The van der Waals surface area contributed by atoms with Gasteiger partial charge in [0.05, 0.1) is 5.56 Å². The van der Waals surface area contributed by atoms with Crippen molar-refractivity contribution >= 4 is 17.5 Å². The average molecular weight is 449 g/mol. The topological polar surface area (TPSA) is 34.0 Å². The minimum absolute atomic E-state index is 0.0117. The summed E-state index contributed by atoms with van der Waals surface area (Å²) in [5.74, 6) is 0.596. The summed E-state index contributed by atoms with van der Waals surface area (Å²) in [7, 11) is 0. The van der Waals surface area contributed by atoms with Gasteiger partial charge in [-0.3, -0.25) is 4.79 Å². The normalized spacial score (nSPS) is 15.5. The number of aromatic nitrogens is 1. The second-order valence-corrected chi connectivity index (χ2v) is 9.76. The highest BCUT2D eigenvalue weighted by Gasteiger charge is 2.23. The van der Waals surface area contributed by atoms with Gasteiger partial charge in [0.25, 0.3) is 5.91 Å². The number of benzene rings is 2. The number of hydrogen-bond donors (Lipinski definition) is 1. The number of amides is 1. The van der Waals surface area contributed by atoms with Gasteiger partial charge in [-0.15, -0.1) is 0 Å². The zero-order valence-electron chi connectivity index (χ0n) is 19.3. The number of nitrogens with zero attached hydrogens (tertiary/aromatic N) is 1. The first-order valence-electron chi connectivity index (χ1n) is 11.7. The molecule has 32 heavy (non-hydrogen) atoms. The van der Waals surface area contributed by atoms with Crippen LogP contribution in [0.15, 0.2) is 54.7 Å². The van der Waals surface area contributed by atoms with Crippen molar-refractivity contribution in [3.8, 4) is 11.3 Å². The van der Waals surface area contributed by atoms with Gasteiger partial charge in [-0.05, 0) is 74.4 Å². The highest BCUT2D eigenvalue weighted by atomic mass is 35.5. The fourth-order valence-electron chi connectivity index (χ4n) is 4.75. The third-order valence-corrected chi connectivity index (χ3v) is 7.23. The van der Waals surface area contributed by atoms with Crippen LogP contribution in [0.2, 0.25) is 5.02 Å². The molecule has 0 unspecified atom stereocenters. The Morgan fingerprint density at radius 1 is 1.06 bits per heavy atom. The third kappa shape index (κ3) is 5.27. The molecule has 0 radical (unpaired) electrons. The fraction of sp³-hybridized carbons (Fsp3) is 0.393. The first-order chi connectivity index (χ1) is 15.4. The van der Waals surface area contributed by atoms with E-state index in [0.29, 0.717) is 18.0 Å². The summed E-state index contributed by atoms with van der Waals surface area (Å²) in [6, 6.07) is 16.8. The molecule has 168 valence electrons. The van der Waals surface area contributed by atoms with E-state index in [9.17, 15) is 4.79 Å². The summed E-state index contributed by atoms with van der Waals surface area (Å²) in [6.07, 6.45) is 8.29. The van der Waals surface area contributed by atoms with Crippen LogP contribution in [0.5, 0.6) is 0 Å². The van der Waals surface area contributed by atoms with Crippen molar-refractivity contribution in [2.24, 2.45) is 5.92 Å². The molecule has 4 heteroatoms. The first-order valence-corrected chi connectivity index (χ1v) is 12.1. The van der Waals surface area contributed by atoms with Crippen LogP contribution >= 0.6 is 11.6 Å². The molecule has 1 N–H and O–H groups in total. The van der Waals surface area contributed by atoms with Gasteiger partial charge in [0, 0.05) is 29.5 Å². The summed E-state index contributed by atoms with van der Waals surface area (Å²) < 4.78 is 2.17. The number of rotatable bonds is 6. The molecule has 4 rings (SSSR count). The van der Waals surface area contributed by atoms with E-state index >= 15 is 0 Å². The molecule has 0 aliphatic heterocycles. The van der Waals surface area contributed by atoms with Gasteiger partial charge in [0.1, 0.15) is 0 Å². The number of halogens is 1. The van der Waals surface area contributed by atoms with Crippen molar-refractivity contribution in [3.63, 3.8) is 0 Å². The number of hydrogen-bond acceptors (Lipinski definition) is 1. The molecule has 1 aliphatic carbocycles. The molecular formula is C28H33ClN2O. The molecule has 1 atom stereocenters. The molecule has 0 spiro atoms. The Morgan fingerprint density at radius 3 is 2.47 bits per heavy atom. The van der Waals surface area contributed by atoms with Crippen LogP contribution < -0.4 is 5.32 Å². The molecule has 1 amide bonds. The van der Waals surface area contributed by atoms with Crippen LogP contribution in [0.4, 0.5) is 0 Å². The molecule has 1 heterocycles. The second-order valence-electron chi connectivity index (χ2n) is 9.35. The van der Waals surface area contributed by atoms with E-state index < -0.39 is 0 Å². The average Bonchev–Trinajstić information content (AvgIpc) is 3.21. The van der Waals surface area contributed by atoms with E-state index in [1.54, 1.807) is 0 Å². The largest absolute Gasteiger partial charge is 0.349 e. The standard InChI is InChI=1S/C28H33ClN2O/c1-19-9-11-22(12-10-19)17-31-18-25(16-27(31)24-13-14-26(29)20(2)15-24)28(32)30-21(3)23-7-5-4-6-8-23/h9-16,18,21,23H,4-8,17H2,1-3H3,(H,30,32)/t21-/m0/s1. The maximum Gasteiger partial charge on any atom is 0.253 e. The molecule has 3 aromatic rings. The predicted molar refractivity (Wildman–Crippen MR) is 133 cm³/mol. The molecule has 1 fully saturated rings.